The summed E-state index contributed by atoms with van der Waals surface area (Å²) < 4.78 is 11.3. The molecule has 120 valence electrons. The summed E-state index contributed by atoms with van der Waals surface area (Å²) in [4.78, 5) is 0. The van der Waals surface area contributed by atoms with E-state index in [0.29, 0.717) is 19.1 Å². The predicted molar refractivity (Wildman–Crippen MR) is 93.6 cm³/mol. The largest absolute Gasteiger partial charge is 0.460 e. The number of ether oxygens (including phenoxy) is 1. The van der Waals surface area contributed by atoms with Gasteiger partial charge in [-0.1, -0.05) is 42.5 Å². The third kappa shape index (κ3) is 4.58. The van der Waals surface area contributed by atoms with Gasteiger partial charge >= 0.3 is 0 Å². The number of benzene rings is 2. The first-order valence-corrected chi connectivity index (χ1v) is 8.28. The van der Waals surface area contributed by atoms with Crippen LogP contribution in [0.1, 0.15) is 16.9 Å². The fourth-order valence-corrected chi connectivity index (χ4v) is 2.58. The molecule has 0 radical (unpaired) electrons. The Labute approximate surface area is 141 Å². The molecule has 4 heteroatoms. The minimum Gasteiger partial charge on any atom is -0.460 e. The molecule has 0 fully saturated rings. The zero-order valence-corrected chi connectivity index (χ0v) is 13.7. The van der Waals surface area contributed by atoms with Crippen molar-refractivity contribution in [1.82, 2.24) is 5.32 Å². The van der Waals surface area contributed by atoms with Gasteiger partial charge in [0.25, 0.3) is 0 Å². The number of nitrogens with one attached hydrogen (secondary N) is 1. The van der Waals surface area contributed by atoms with E-state index in [1.54, 1.807) is 0 Å². The molecule has 0 amide bonds. The highest BCUT2D eigenvalue weighted by Crippen LogP contribution is 2.21. The van der Waals surface area contributed by atoms with E-state index < -0.39 is 0 Å². The lowest BCUT2D eigenvalue weighted by atomic mass is 10.1. The van der Waals surface area contributed by atoms with E-state index in [2.05, 4.69) is 35.6 Å². The Morgan fingerprint density at radius 3 is 2.70 bits per heavy atom. The molecule has 23 heavy (non-hydrogen) atoms. The van der Waals surface area contributed by atoms with Crippen LogP contribution in [-0.2, 0) is 23.8 Å². The Morgan fingerprint density at radius 1 is 1.00 bits per heavy atom. The first-order chi connectivity index (χ1) is 11.3. The van der Waals surface area contributed by atoms with Gasteiger partial charge in [0.2, 0.25) is 0 Å². The van der Waals surface area contributed by atoms with Gasteiger partial charge in [0.15, 0.2) is 0 Å². The minimum absolute atomic E-state index is 0.404. The second-order valence-corrected chi connectivity index (χ2v) is 5.70. The van der Waals surface area contributed by atoms with Crippen LogP contribution in [-0.4, -0.2) is 13.2 Å². The van der Waals surface area contributed by atoms with E-state index in [-0.39, 0.29) is 0 Å². The summed E-state index contributed by atoms with van der Waals surface area (Å²) in [5, 5.41) is 4.47. The number of alkyl halides is 1. The second kappa shape index (κ2) is 8.16. The van der Waals surface area contributed by atoms with Crippen molar-refractivity contribution in [3.05, 3.63) is 71.5 Å². The van der Waals surface area contributed by atoms with E-state index in [9.17, 15) is 0 Å². The third-order valence-electron chi connectivity index (χ3n) is 3.63. The van der Waals surface area contributed by atoms with Gasteiger partial charge in [0.1, 0.15) is 11.3 Å². The number of halogens is 1. The highest BCUT2D eigenvalue weighted by molar-refractivity contribution is 6.17. The first-order valence-electron chi connectivity index (χ1n) is 7.75. The Kier molecular flexibility index (Phi) is 5.70. The van der Waals surface area contributed by atoms with E-state index >= 15 is 0 Å². The van der Waals surface area contributed by atoms with Crippen LogP contribution in [0, 0.1) is 0 Å². The number of hydrogen-bond acceptors (Lipinski definition) is 3. The van der Waals surface area contributed by atoms with Gasteiger partial charge in [0.05, 0.1) is 19.1 Å². The Morgan fingerprint density at radius 2 is 1.87 bits per heavy atom. The van der Waals surface area contributed by atoms with Crippen LogP contribution < -0.4 is 5.32 Å². The Hall–Kier alpha value is -1.81. The molecule has 1 aromatic heterocycles. The maximum atomic E-state index is 5.79. The first kappa shape index (κ1) is 16.1. The van der Waals surface area contributed by atoms with Crippen molar-refractivity contribution in [2.75, 3.05) is 13.2 Å². The quantitative estimate of drug-likeness (QED) is 0.489. The molecule has 0 saturated carbocycles. The van der Waals surface area contributed by atoms with Gasteiger partial charge in [0, 0.05) is 18.5 Å². The molecule has 0 atom stereocenters. The molecular formula is C19H20ClNO2. The van der Waals surface area contributed by atoms with Crippen molar-refractivity contribution in [2.24, 2.45) is 0 Å². The van der Waals surface area contributed by atoms with Gasteiger partial charge in [-0.3, -0.25) is 0 Å². The molecule has 0 saturated heterocycles. The minimum atomic E-state index is 0.404. The highest BCUT2D eigenvalue weighted by Gasteiger charge is 2.03. The summed E-state index contributed by atoms with van der Waals surface area (Å²) in [6, 6.07) is 18.4. The average molecular weight is 330 g/mol. The monoisotopic (exact) mass is 329 g/mol. The van der Waals surface area contributed by atoms with Crippen LogP contribution in [0.2, 0.25) is 0 Å². The summed E-state index contributed by atoms with van der Waals surface area (Å²) in [6.45, 7) is 2.95. The van der Waals surface area contributed by atoms with Crippen LogP contribution in [0.15, 0.2) is 59.0 Å². The molecule has 0 aliphatic rings. The molecule has 1 heterocycles. The van der Waals surface area contributed by atoms with Crippen LogP contribution in [0.25, 0.3) is 11.0 Å². The normalized spacial score (nSPS) is 11.2. The lowest BCUT2D eigenvalue weighted by molar-refractivity contribution is 0.122. The van der Waals surface area contributed by atoms with E-state index in [1.165, 1.54) is 11.1 Å². The second-order valence-electron chi connectivity index (χ2n) is 5.43. The van der Waals surface area contributed by atoms with Crippen molar-refractivity contribution in [3.8, 4) is 0 Å². The fourth-order valence-electron chi connectivity index (χ4n) is 2.45. The lowest BCUT2D eigenvalue weighted by Crippen LogP contribution is -2.19. The van der Waals surface area contributed by atoms with Gasteiger partial charge in [-0.05, 0) is 23.3 Å². The van der Waals surface area contributed by atoms with E-state index in [4.69, 9.17) is 20.8 Å². The molecule has 1 N–H and O–H groups in total. The lowest BCUT2D eigenvalue weighted by Gasteiger charge is -2.06. The maximum absolute atomic E-state index is 5.79. The SMILES string of the molecule is ClCc1cc2ccc(CNCCOCc3ccccc3)cc2o1. The molecule has 3 rings (SSSR count). The molecule has 0 spiro atoms. The molecule has 0 unspecified atom stereocenters. The summed E-state index contributed by atoms with van der Waals surface area (Å²) in [5.41, 5.74) is 3.28. The fraction of sp³-hybridized carbons (Fsp3) is 0.263. The number of hydrogen-bond donors (Lipinski definition) is 1. The van der Waals surface area contributed by atoms with Gasteiger partial charge < -0.3 is 14.5 Å². The Bertz CT molecular complexity index is 739. The van der Waals surface area contributed by atoms with Crippen molar-refractivity contribution in [2.45, 2.75) is 19.0 Å². The number of rotatable bonds is 8. The van der Waals surface area contributed by atoms with Gasteiger partial charge in [-0.2, -0.15) is 0 Å². The molecule has 0 aliphatic heterocycles. The van der Waals surface area contributed by atoms with Crippen molar-refractivity contribution in [1.29, 1.82) is 0 Å². The zero-order valence-electron chi connectivity index (χ0n) is 12.9. The smallest absolute Gasteiger partial charge is 0.134 e. The predicted octanol–water partition coefficient (Wildman–Crippen LogP) is 4.48. The zero-order chi connectivity index (χ0) is 15.9. The molecule has 3 aromatic rings. The summed E-state index contributed by atoms with van der Waals surface area (Å²) in [6.07, 6.45) is 0. The van der Waals surface area contributed by atoms with E-state index in [0.717, 1.165) is 29.8 Å². The van der Waals surface area contributed by atoms with Gasteiger partial charge in [-0.25, -0.2) is 0 Å². The average Bonchev–Trinajstić information content (AvgIpc) is 3.01. The van der Waals surface area contributed by atoms with Crippen molar-refractivity contribution in [3.63, 3.8) is 0 Å². The highest BCUT2D eigenvalue weighted by atomic mass is 35.5. The number of furan rings is 1. The van der Waals surface area contributed by atoms with Crippen LogP contribution in [0.4, 0.5) is 0 Å². The van der Waals surface area contributed by atoms with E-state index in [1.807, 2.05) is 24.3 Å². The third-order valence-corrected chi connectivity index (χ3v) is 3.89. The summed E-state index contributed by atoms with van der Waals surface area (Å²) in [7, 11) is 0. The van der Waals surface area contributed by atoms with Crippen LogP contribution >= 0.6 is 11.6 Å². The molecule has 2 aromatic carbocycles. The molecule has 0 bridgehead atoms. The van der Waals surface area contributed by atoms with Crippen molar-refractivity contribution < 1.29 is 9.15 Å². The van der Waals surface area contributed by atoms with Gasteiger partial charge in [-0.15, -0.1) is 11.6 Å². The maximum Gasteiger partial charge on any atom is 0.134 e. The standard InChI is InChI=1S/C19H20ClNO2/c20-12-18-11-17-7-6-16(10-19(17)23-18)13-21-8-9-22-14-15-4-2-1-3-5-15/h1-7,10-11,21H,8-9,12-14H2. The molecule has 3 nitrogen and oxygen atoms in total. The molecule has 0 aliphatic carbocycles. The topological polar surface area (TPSA) is 34.4 Å². The van der Waals surface area contributed by atoms with Crippen molar-refractivity contribution >= 4 is 22.6 Å². The summed E-state index contributed by atoms with van der Waals surface area (Å²) in [5.74, 6) is 1.21. The van der Waals surface area contributed by atoms with Crippen LogP contribution in [0.5, 0.6) is 0 Å². The number of fused-ring (bicyclic) bond motifs is 1. The summed E-state index contributed by atoms with van der Waals surface area (Å²) >= 11 is 5.79. The molecular weight excluding hydrogens is 310 g/mol. The Balaban J connectivity index is 1.40. The van der Waals surface area contributed by atoms with Crippen LogP contribution in [0.3, 0.4) is 0 Å².